The van der Waals surface area contributed by atoms with Crippen LogP contribution in [-0.2, 0) is 5.88 Å². The minimum atomic E-state index is -3.09. The van der Waals surface area contributed by atoms with Crippen molar-refractivity contribution in [2.45, 2.75) is 12.5 Å². The molecule has 0 aliphatic heterocycles. The van der Waals surface area contributed by atoms with Gasteiger partial charge in [0.25, 0.3) is 5.69 Å². The number of hydrogen-bond acceptors (Lipinski definition) is 4. The van der Waals surface area contributed by atoms with Crippen molar-refractivity contribution in [1.29, 1.82) is 0 Å². The predicted octanol–water partition coefficient (Wildman–Crippen LogP) is 2.94. The van der Waals surface area contributed by atoms with E-state index in [0.717, 1.165) is 6.07 Å². The van der Waals surface area contributed by atoms with E-state index in [4.69, 9.17) is 16.3 Å². The standard InChI is InChI=1S/C9H8ClF2NO4/c1-16-7-2-5(4-10)6(13(14)15)3-8(7)17-9(11)12/h2-3,9H,4H2,1H3. The summed E-state index contributed by atoms with van der Waals surface area (Å²) in [7, 11) is 1.23. The fourth-order valence-corrected chi connectivity index (χ4v) is 1.43. The maximum atomic E-state index is 12.1. The Labute approximate surface area is 100 Å². The highest BCUT2D eigenvalue weighted by atomic mass is 35.5. The molecule has 8 heteroatoms. The smallest absolute Gasteiger partial charge is 0.387 e. The van der Waals surface area contributed by atoms with Crippen molar-refractivity contribution < 1.29 is 23.2 Å². The first-order chi connectivity index (χ1) is 7.99. The second-order valence-electron chi connectivity index (χ2n) is 2.90. The van der Waals surface area contributed by atoms with E-state index < -0.39 is 23.0 Å². The molecule has 0 spiro atoms. The second-order valence-corrected chi connectivity index (χ2v) is 3.17. The topological polar surface area (TPSA) is 61.6 Å². The maximum Gasteiger partial charge on any atom is 0.387 e. The molecule has 0 amide bonds. The van der Waals surface area contributed by atoms with Gasteiger partial charge >= 0.3 is 6.61 Å². The first-order valence-corrected chi connectivity index (χ1v) is 4.89. The Morgan fingerprint density at radius 3 is 2.53 bits per heavy atom. The van der Waals surface area contributed by atoms with E-state index in [2.05, 4.69) is 4.74 Å². The van der Waals surface area contributed by atoms with Crippen molar-refractivity contribution in [2.24, 2.45) is 0 Å². The number of benzene rings is 1. The molecule has 0 N–H and O–H groups in total. The van der Waals surface area contributed by atoms with E-state index in [1.165, 1.54) is 13.2 Å². The van der Waals surface area contributed by atoms with Crippen LogP contribution in [0.5, 0.6) is 11.5 Å². The molecule has 0 fully saturated rings. The molecule has 0 aromatic heterocycles. The summed E-state index contributed by atoms with van der Waals surface area (Å²) in [5.41, 5.74) is -0.230. The van der Waals surface area contributed by atoms with Gasteiger partial charge in [-0.3, -0.25) is 10.1 Å². The number of nitro benzene ring substituents is 1. The van der Waals surface area contributed by atoms with E-state index in [1.807, 2.05) is 0 Å². The lowest BCUT2D eigenvalue weighted by atomic mass is 10.2. The highest BCUT2D eigenvalue weighted by molar-refractivity contribution is 6.17. The number of ether oxygens (including phenoxy) is 2. The molecule has 0 aliphatic rings. The summed E-state index contributed by atoms with van der Waals surface area (Å²) >= 11 is 5.51. The van der Waals surface area contributed by atoms with Crippen molar-refractivity contribution >= 4 is 17.3 Å². The normalized spacial score (nSPS) is 10.4. The summed E-state index contributed by atoms with van der Waals surface area (Å²) in [6.45, 7) is -3.09. The van der Waals surface area contributed by atoms with Crippen molar-refractivity contribution in [3.63, 3.8) is 0 Å². The largest absolute Gasteiger partial charge is 0.493 e. The quantitative estimate of drug-likeness (QED) is 0.467. The molecule has 1 aromatic carbocycles. The Morgan fingerprint density at radius 1 is 1.47 bits per heavy atom. The van der Waals surface area contributed by atoms with E-state index in [0.29, 0.717) is 0 Å². The van der Waals surface area contributed by atoms with Crippen LogP contribution in [0, 0.1) is 10.1 Å². The lowest BCUT2D eigenvalue weighted by Crippen LogP contribution is -2.05. The minimum Gasteiger partial charge on any atom is -0.493 e. The van der Waals surface area contributed by atoms with Crippen LogP contribution in [0.25, 0.3) is 0 Å². The van der Waals surface area contributed by atoms with Gasteiger partial charge in [-0.05, 0) is 6.07 Å². The number of hydrogen-bond donors (Lipinski definition) is 0. The van der Waals surface area contributed by atoms with Gasteiger partial charge in [-0.15, -0.1) is 11.6 Å². The Kier molecular flexibility index (Phi) is 4.45. The Bertz CT molecular complexity index is 428. The zero-order valence-corrected chi connectivity index (χ0v) is 9.41. The second kappa shape index (κ2) is 5.62. The van der Waals surface area contributed by atoms with Crippen molar-refractivity contribution in [3.8, 4) is 11.5 Å². The lowest BCUT2D eigenvalue weighted by Gasteiger charge is -2.11. The van der Waals surface area contributed by atoms with E-state index in [9.17, 15) is 18.9 Å². The Morgan fingerprint density at radius 2 is 2.12 bits per heavy atom. The van der Waals surface area contributed by atoms with Gasteiger partial charge in [0.15, 0.2) is 11.5 Å². The molecule has 94 valence electrons. The number of rotatable bonds is 5. The number of halogens is 3. The molecule has 0 saturated carbocycles. The molecular weight excluding hydrogens is 260 g/mol. The SMILES string of the molecule is COc1cc(CCl)c([N+](=O)[O-])cc1OC(F)F. The highest BCUT2D eigenvalue weighted by Crippen LogP contribution is 2.36. The summed E-state index contributed by atoms with van der Waals surface area (Å²) < 4.78 is 33.1. The van der Waals surface area contributed by atoms with Gasteiger partial charge in [-0.1, -0.05) is 0 Å². The molecule has 0 radical (unpaired) electrons. The number of methoxy groups -OCH3 is 1. The fraction of sp³-hybridized carbons (Fsp3) is 0.333. The highest BCUT2D eigenvalue weighted by Gasteiger charge is 2.20. The molecule has 0 heterocycles. The van der Waals surface area contributed by atoms with Crippen LogP contribution >= 0.6 is 11.6 Å². The number of alkyl halides is 3. The summed E-state index contributed by atoms with van der Waals surface area (Å²) in [4.78, 5) is 9.95. The first kappa shape index (κ1) is 13.4. The first-order valence-electron chi connectivity index (χ1n) is 4.35. The number of nitrogens with zero attached hydrogens (tertiary/aromatic N) is 1. The van der Waals surface area contributed by atoms with Gasteiger partial charge in [0.1, 0.15) is 0 Å². The molecule has 17 heavy (non-hydrogen) atoms. The van der Waals surface area contributed by atoms with Crippen LogP contribution in [0.3, 0.4) is 0 Å². The molecule has 0 bridgehead atoms. The monoisotopic (exact) mass is 267 g/mol. The molecule has 0 unspecified atom stereocenters. The third kappa shape index (κ3) is 3.16. The summed E-state index contributed by atoms with van der Waals surface area (Å²) in [5, 5.41) is 10.7. The van der Waals surface area contributed by atoms with Crippen LogP contribution in [0.15, 0.2) is 12.1 Å². The fourth-order valence-electron chi connectivity index (χ4n) is 1.22. The zero-order valence-electron chi connectivity index (χ0n) is 8.65. The van der Waals surface area contributed by atoms with Crippen LogP contribution in [0.4, 0.5) is 14.5 Å². The summed E-state index contributed by atoms with van der Waals surface area (Å²) in [5.74, 6) is -0.573. The van der Waals surface area contributed by atoms with Gasteiger partial charge in [0.05, 0.1) is 24.0 Å². The molecule has 1 rings (SSSR count). The van der Waals surface area contributed by atoms with Crippen LogP contribution in [0.1, 0.15) is 5.56 Å². The van der Waals surface area contributed by atoms with E-state index >= 15 is 0 Å². The number of nitro groups is 1. The van der Waals surface area contributed by atoms with E-state index in [-0.39, 0.29) is 17.2 Å². The molecule has 5 nitrogen and oxygen atoms in total. The molecule has 0 atom stereocenters. The van der Waals surface area contributed by atoms with Crippen molar-refractivity contribution in [3.05, 3.63) is 27.8 Å². The van der Waals surface area contributed by atoms with E-state index in [1.54, 1.807) is 0 Å². The van der Waals surface area contributed by atoms with Gasteiger partial charge in [0.2, 0.25) is 0 Å². The average molecular weight is 268 g/mol. The van der Waals surface area contributed by atoms with Crippen LogP contribution in [0.2, 0.25) is 0 Å². The molecule has 0 aliphatic carbocycles. The van der Waals surface area contributed by atoms with Gasteiger partial charge < -0.3 is 9.47 Å². The molecule has 1 aromatic rings. The van der Waals surface area contributed by atoms with Crippen molar-refractivity contribution in [1.82, 2.24) is 0 Å². The predicted molar refractivity (Wildman–Crippen MR) is 55.8 cm³/mol. The molecule has 0 saturated heterocycles. The average Bonchev–Trinajstić information content (AvgIpc) is 2.27. The Balaban J connectivity index is 3.28. The summed E-state index contributed by atoms with van der Waals surface area (Å²) in [6.07, 6.45) is 0. The zero-order chi connectivity index (χ0) is 13.0. The van der Waals surface area contributed by atoms with Gasteiger partial charge in [0, 0.05) is 5.56 Å². The molecular formula is C9H8ClF2NO4. The summed E-state index contributed by atoms with van der Waals surface area (Å²) in [6, 6.07) is 2.06. The van der Waals surface area contributed by atoms with Gasteiger partial charge in [-0.25, -0.2) is 0 Å². The third-order valence-corrected chi connectivity index (χ3v) is 2.21. The van der Waals surface area contributed by atoms with Gasteiger partial charge in [-0.2, -0.15) is 8.78 Å². The van der Waals surface area contributed by atoms with Crippen LogP contribution in [-0.4, -0.2) is 18.6 Å². The Hall–Kier alpha value is -1.63. The van der Waals surface area contributed by atoms with Crippen LogP contribution < -0.4 is 9.47 Å². The van der Waals surface area contributed by atoms with Crippen molar-refractivity contribution in [2.75, 3.05) is 7.11 Å². The maximum absolute atomic E-state index is 12.1. The lowest BCUT2D eigenvalue weighted by molar-refractivity contribution is -0.385. The minimum absolute atomic E-state index is 0.0356. The third-order valence-electron chi connectivity index (χ3n) is 1.92.